The third-order valence-corrected chi connectivity index (χ3v) is 7.55. The molecule has 1 saturated heterocycles. The fourth-order valence-corrected chi connectivity index (χ4v) is 5.44. The van der Waals surface area contributed by atoms with Crippen LogP contribution in [-0.2, 0) is 21.2 Å². The lowest BCUT2D eigenvalue weighted by atomic mass is 10.2. The summed E-state index contributed by atoms with van der Waals surface area (Å²) in [7, 11) is -3.62. The van der Waals surface area contributed by atoms with Gasteiger partial charge < -0.3 is 4.90 Å². The molecular formula is C17H19ClN2O3S2. The number of hydrogen-bond donors (Lipinski definition) is 0. The summed E-state index contributed by atoms with van der Waals surface area (Å²) in [6.45, 7) is 1.40. The molecule has 1 aliphatic rings. The van der Waals surface area contributed by atoms with E-state index in [2.05, 4.69) is 0 Å². The van der Waals surface area contributed by atoms with Gasteiger partial charge in [0, 0.05) is 37.5 Å². The van der Waals surface area contributed by atoms with Crippen molar-refractivity contribution in [3.63, 3.8) is 0 Å². The second-order valence-electron chi connectivity index (χ2n) is 5.79. The summed E-state index contributed by atoms with van der Waals surface area (Å²) in [6.07, 6.45) is 1.19. The van der Waals surface area contributed by atoms with E-state index in [0.717, 1.165) is 6.42 Å². The smallest absolute Gasteiger partial charge is 0.244 e. The molecule has 134 valence electrons. The molecule has 8 heteroatoms. The van der Waals surface area contributed by atoms with Crippen LogP contribution in [0.1, 0.15) is 11.3 Å². The first-order valence-corrected chi connectivity index (χ1v) is 10.7. The Hall–Kier alpha value is -1.41. The summed E-state index contributed by atoms with van der Waals surface area (Å²) in [5.41, 5.74) is 0. The molecule has 2 aromatic rings. The predicted molar refractivity (Wildman–Crippen MR) is 99.4 cm³/mol. The van der Waals surface area contributed by atoms with Gasteiger partial charge in [-0.1, -0.05) is 29.8 Å². The van der Waals surface area contributed by atoms with E-state index in [1.807, 2.05) is 17.5 Å². The van der Waals surface area contributed by atoms with Crippen molar-refractivity contribution in [2.75, 3.05) is 26.2 Å². The van der Waals surface area contributed by atoms with Crippen LogP contribution in [0.15, 0.2) is 46.7 Å². The minimum atomic E-state index is -3.62. The third-order valence-electron chi connectivity index (χ3n) is 4.21. The number of halogens is 1. The Labute approximate surface area is 156 Å². The molecule has 0 bridgehead atoms. The summed E-state index contributed by atoms with van der Waals surface area (Å²) in [5.74, 6) is 0.0724. The van der Waals surface area contributed by atoms with Gasteiger partial charge in [-0.25, -0.2) is 8.42 Å². The normalized spacial score (nSPS) is 16.1. The maximum Gasteiger partial charge on any atom is 0.244 e. The number of rotatable bonds is 5. The van der Waals surface area contributed by atoms with Crippen LogP contribution in [0.2, 0.25) is 5.02 Å². The second kappa shape index (κ2) is 7.86. The molecule has 1 aromatic heterocycles. The summed E-state index contributed by atoms with van der Waals surface area (Å²) >= 11 is 7.67. The van der Waals surface area contributed by atoms with Crippen molar-refractivity contribution < 1.29 is 13.2 Å². The van der Waals surface area contributed by atoms with Crippen LogP contribution in [0.3, 0.4) is 0 Å². The van der Waals surface area contributed by atoms with E-state index in [0.29, 0.717) is 19.5 Å². The van der Waals surface area contributed by atoms with Crippen LogP contribution in [0.4, 0.5) is 0 Å². The minimum absolute atomic E-state index is 0.0724. The standard InChI is InChI=1S/C17H19ClN2O3S2/c18-15-5-1-2-6-16(15)25(22,23)20-11-9-19(10-12-20)17(21)8-7-14-4-3-13-24-14/h1-6,13H,7-12H2. The van der Waals surface area contributed by atoms with E-state index in [9.17, 15) is 13.2 Å². The van der Waals surface area contributed by atoms with Gasteiger partial charge in [-0.15, -0.1) is 11.3 Å². The van der Waals surface area contributed by atoms with E-state index in [4.69, 9.17) is 11.6 Å². The van der Waals surface area contributed by atoms with Gasteiger partial charge in [0.15, 0.2) is 0 Å². The molecule has 0 atom stereocenters. The number of piperazine rings is 1. The molecule has 0 spiro atoms. The number of nitrogens with zero attached hydrogens (tertiary/aromatic N) is 2. The zero-order valence-corrected chi connectivity index (χ0v) is 16.0. The molecule has 5 nitrogen and oxygen atoms in total. The molecule has 0 radical (unpaired) electrons. The number of benzene rings is 1. The highest BCUT2D eigenvalue weighted by atomic mass is 35.5. The zero-order chi connectivity index (χ0) is 17.9. The van der Waals surface area contributed by atoms with Crippen molar-refractivity contribution in [2.45, 2.75) is 17.7 Å². The lowest BCUT2D eigenvalue weighted by Gasteiger charge is -2.34. The fourth-order valence-electron chi connectivity index (χ4n) is 2.81. The fraction of sp³-hybridized carbons (Fsp3) is 0.353. The average Bonchev–Trinajstić information content (AvgIpc) is 3.13. The predicted octanol–water partition coefficient (Wildman–Crippen LogP) is 2.87. The summed E-state index contributed by atoms with van der Waals surface area (Å²) in [4.78, 5) is 15.4. The first-order valence-electron chi connectivity index (χ1n) is 8.03. The molecule has 0 N–H and O–H groups in total. The number of carbonyl (C=O) groups is 1. The lowest BCUT2D eigenvalue weighted by Crippen LogP contribution is -2.50. The lowest BCUT2D eigenvalue weighted by molar-refractivity contribution is -0.132. The van der Waals surface area contributed by atoms with E-state index in [-0.39, 0.29) is 28.9 Å². The Bertz CT molecular complexity index is 829. The van der Waals surface area contributed by atoms with Gasteiger partial charge in [-0.2, -0.15) is 4.31 Å². The topological polar surface area (TPSA) is 57.7 Å². The molecular weight excluding hydrogens is 380 g/mol. The van der Waals surface area contributed by atoms with Gasteiger partial charge in [-0.3, -0.25) is 4.79 Å². The van der Waals surface area contributed by atoms with E-state index in [1.165, 1.54) is 15.2 Å². The molecule has 1 aliphatic heterocycles. The summed E-state index contributed by atoms with van der Waals surface area (Å²) in [5, 5.41) is 2.22. The molecule has 1 amide bonds. The Morgan fingerprint density at radius 1 is 1.08 bits per heavy atom. The molecule has 25 heavy (non-hydrogen) atoms. The molecule has 1 fully saturated rings. The Balaban J connectivity index is 1.58. The van der Waals surface area contributed by atoms with Crippen molar-refractivity contribution in [2.24, 2.45) is 0 Å². The number of carbonyl (C=O) groups excluding carboxylic acids is 1. The van der Waals surface area contributed by atoms with Crippen LogP contribution in [0.5, 0.6) is 0 Å². The Kier molecular flexibility index (Phi) is 5.78. The summed E-state index contributed by atoms with van der Waals surface area (Å²) < 4.78 is 26.8. The number of amides is 1. The highest BCUT2D eigenvalue weighted by molar-refractivity contribution is 7.89. The molecule has 0 saturated carbocycles. The third kappa shape index (κ3) is 4.23. The first-order chi connectivity index (χ1) is 12.0. The number of hydrogen-bond acceptors (Lipinski definition) is 4. The number of thiophene rings is 1. The highest BCUT2D eigenvalue weighted by Crippen LogP contribution is 2.25. The van der Waals surface area contributed by atoms with Gasteiger partial charge >= 0.3 is 0 Å². The van der Waals surface area contributed by atoms with Gasteiger partial charge in [0.2, 0.25) is 15.9 Å². The van der Waals surface area contributed by atoms with Crippen LogP contribution in [-0.4, -0.2) is 49.7 Å². The molecule has 1 aromatic carbocycles. The van der Waals surface area contributed by atoms with E-state index >= 15 is 0 Å². The van der Waals surface area contributed by atoms with Crippen molar-refractivity contribution in [3.05, 3.63) is 51.7 Å². The van der Waals surface area contributed by atoms with Gasteiger partial charge in [0.1, 0.15) is 4.90 Å². The van der Waals surface area contributed by atoms with Crippen molar-refractivity contribution >= 4 is 38.9 Å². The SMILES string of the molecule is O=C(CCc1cccs1)N1CCN(S(=O)(=O)c2ccccc2Cl)CC1. The molecule has 3 rings (SSSR count). The maximum absolute atomic E-state index is 12.7. The van der Waals surface area contributed by atoms with Crippen LogP contribution < -0.4 is 0 Å². The van der Waals surface area contributed by atoms with Crippen LogP contribution in [0.25, 0.3) is 0 Å². The van der Waals surface area contributed by atoms with Crippen LogP contribution in [0, 0.1) is 0 Å². The highest BCUT2D eigenvalue weighted by Gasteiger charge is 2.31. The van der Waals surface area contributed by atoms with Gasteiger partial charge in [-0.05, 0) is 30.0 Å². The maximum atomic E-state index is 12.7. The molecule has 0 aliphatic carbocycles. The molecule has 2 heterocycles. The zero-order valence-electron chi connectivity index (χ0n) is 13.6. The van der Waals surface area contributed by atoms with Crippen molar-refractivity contribution in [3.8, 4) is 0 Å². The van der Waals surface area contributed by atoms with E-state index < -0.39 is 10.0 Å². The van der Waals surface area contributed by atoms with Crippen LogP contribution >= 0.6 is 22.9 Å². The minimum Gasteiger partial charge on any atom is -0.340 e. The van der Waals surface area contributed by atoms with Crippen molar-refractivity contribution in [1.82, 2.24) is 9.21 Å². The number of sulfonamides is 1. The largest absolute Gasteiger partial charge is 0.340 e. The number of aryl methyl sites for hydroxylation is 1. The average molecular weight is 399 g/mol. The Morgan fingerprint density at radius 2 is 1.80 bits per heavy atom. The first kappa shape index (κ1) is 18.4. The summed E-state index contributed by atoms with van der Waals surface area (Å²) in [6, 6.07) is 10.4. The van der Waals surface area contributed by atoms with Gasteiger partial charge in [0.25, 0.3) is 0 Å². The second-order valence-corrected chi connectivity index (χ2v) is 9.14. The molecule has 0 unspecified atom stereocenters. The monoisotopic (exact) mass is 398 g/mol. The van der Waals surface area contributed by atoms with Gasteiger partial charge in [0.05, 0.1) is 5.02 Å². The van der Waals surface area contributed by atoms with E-state index in [1.54, 1.807) is 34.4 Å². The van der Waals surface area contributed by atoms with Crippen molar-refractivity contribution in [1.29, 1.82) is 0 Å². The Morgan fingerprint density at radius 3 is 2.44 bits per heavy atom. The quantitative estimate of drug-likeness (QED) is 0.778.